The zero-order chi connectivity index (χ0) is 12.7. The molecule has 3 nitrogen and oxygen atoms in total. The number of nitrogens with one attached hydrogen (secondary N) is 1. The molecule has 1 N–H and O–H groups in total. The lowest BCUT2D eigenvalue weighted by atomic mass is 10.0. The molecule has 0 saturated heterocycles. The molecule has 1 heterocycles. The molecule has 17 heavy (non-hydrogen) atoms. The summed E-state index contributed by atoms with van der Waals surface area (Å²) in [5.41, 5.74) is 0. The van der Waals surface area contributed by atoms with Crippen molar-refractivity contribution in [3.05, 3.63) is 5.01 Å². The molecule has 1 aromatic heterocycles. The lowest BCUT2D eigenvalue weighted by Gasteiger charge is -2.14. The van der Waals surface area contributed by atoms with Crippen LogP contribution in [0, 0.1) is 12.8 Å². The SMILES string of the molecule is Cc1nnc(SCCNC(C)CCC(C)C)s1. The van der Waals surface area contributed by atoms with Gasteiger partial charge in [-0.25, -0.2) is 0 Å². The highest BCUT2D eigenvalue weighted by molar-refractivity contribution is 8.01. The largest absolute Gasteiger partial charge is 0.313 e. The third-order valence-corrected chi connectivity index (χ3v) is 4.48. The molecule has 0 amide bonds. The molecule has 0 aliphatic heterocycles. The van der Waals surface area contributed by atoms with Gasteiger partial charge in [0.2, 0.25) is 0 Å². The number of rotatable bonds is 8. The second kappa shape index (κ2) is 8.06. The minimum atomic E-state index is 0.620. The summed E-state index contributed by atoms with van der Waals surface area (Å²) in [6, 6.07) is 0.620. The van der Waals surface area contributed by atoms with Crippen molar-refractivity contribution in [2.45, 2.75) is 50.9 Å². The Kier molecular flexibility index (Phi) is 7.08. The molecule has 0 radical (unpaired) electrons. The van der Waals surface area contributed by atoms with Crippen molar-refractivity contribution in [3.8, 4) is 0 Å². The van der Waals surface area contributed by atoms with Gasteiger partial charge >= 0.3 is 0 Å². The van der Waals surface area contributed by atoms with Gasteiger partial charge in [-0.05, 0) is 32.6 Å². The molecule has 1 rings (SSSR count). The maximum absolute atomic E-state index is 4.10. The fourth-order valence-electron chi connectivity index (χ4n) is 1.47. The van der Waals surface area contributed by atoms with Gasteiger partial charge in [-0.1, -0.05) is 36.9 Å². The maximum Gasteiger partial charge on any atom is 0.174 e. The summed E-state index contributed by atoms with van der Waals surface area (Å²) in [6.07, 6.45) is 2.57. The lowest BCUT2D eigenvalue weighted by molar-refractivity contribution is 0.460. The fraction of sp³-hybridized carbons (Fsp3) is 0.833. The molecule has 1 aromatic rings. The smallest absolute Gasteiger partial charge is 0.174 e. The van der Waals surface area contributed by atoms with Crippen molar-refractivity contribution in [3.63, 3.8) is 0 Å². The quantitative estimate of drug-likeness (QED) is 0.582. The van der Waals surface area contributed by atoms with Gasteiger partial charge < -0.3 is 5.32 Å². The van der Waals surface area contributed by atoms with E-state index in [1.807, 2.05) is 6.92 Å². The average molecular weight is 273 g/mol. The zero-order valence-electron chi connectivity index (χ0n) is 11.2. The Balaban J connectivity index is 2.03. The van der Waals surface area contributed by atoms with E-state index in [0.717, 1.165) is 27.6 Å². The summed E-state index contributed by atoms with van der Waals surface area (Å²) in [6.45, 7) is 9.86. The van der Waals surface area contributed by atoms with Gasteiger partial charge in [0.05, 0.1) is 0 Å². The van der Waals surface area contributed by atoms with Crippen LogP contribution >= 0.6 is 23.1 Å². The highest BCUT2D eigenvalue weighted by Gasteiger charge is 2.04. The van der Waals surface area contributed by atoms with Crippen LogP contribution in [0.25, 0.3) is 0 Å². The van der Waals surface area contributed by atoms with E-state index in [4.69, 9.17) is 0 Å². The molecular weight excluding hydrogens is 250 g/mol. The highest BCUT2D eigenvalue weighted by Crippen LogP contribution is 2.21. The van der Waals surface area contributed by atoms with Crippen LogP contribution < -0.4 is 5.32 Å². The summed E-state index contributed by atoms with van der Waals surface area (Å²) in [7, 11) is 0. The van der Waals surface area contributed by atoms with Crippen LogP contribution in [0.5, 0.6) is 0 Å². The van der Waals surface area contributed by atoms with Crippen LogP contribution in [0.15, 0.2) is 4.34 Å². The highest BCUT2D eigenvalue weighted by atomic mass is 32.2. The first-order chi connectivity index (χ1) is 8.08. The van der Waals surface area contributed by atoms with Crippen molar-refractivity contribution < 1.29 is 0 Å². The van der Waals surface area contributed by atoms with Gasteiger partial charge in [-0.3, -0.25) is 0 Å². The molecule has 0 bridgehead atoms. The average Bonchev–Trinajstić information content (AvgIpc) is 2.68. The van der Waals surface area contributed by atoms with Gasteiger partial charge in [0.1, 0.15) is 5.01 Å². The molecule has 0 saturated carbocycles. The van der Waals surface area contributed by atoms with Gasteiger partial charge in [0.25, 0.3) is 0 Å². The van der Waals surface area contributed by atoms with Crippen LogP contribution in [-0.4, -0.2) is 28.5 Å². The van der Waals surface area contributed by atoms with Crippen LogP contribution in [0.3, 0.4) is 0 Å². The zero-order valence-corrected chi connectivity index (χ0v) is 12.8. The van der Waals surface area contributed by atoms with E-state index in [9.17, 15) is 0 Å². The first-order valence-corrected chi connectivity index (χ1v) is 8.04. The van der Waals surface area contributed by atoms with E-state index in [-0.39, 0.29) is 0 Å². The monoisotopic (exact) mass is 273 g/mol. The minimum Gasteiger partial charge on any atom is -0.313 e. The topological polar surface area (TPSA) is 37.8 Å². The molecule has 0 aliphatic rings. The number of hydrogen-bond donors (Lipinski definition) is 1. The number of nitrogens with zero attached hydrogens (tertiary/aromatic N) is 2. The summed E-state index contributed by atoms with van der Waals surface area (Å²) in [5.74, 6) is 1.87. The molecule has 0 aromatic carbocycles. The van der Waals surface area contributed by atoms with E-state index in [2.05, 4.69) is 36.3 Å². The van der Waals surface area contributed by atoms with Gasteiger partial charge in [-0.2, -0.15) is 0 Å². The van der Waals surface area contributed by atoms with Gasteiger partial charge in [0, 0.05) is 18.3 Å². The molecule has 0 aliphatic carbocycles. The third kappa shape index (κ3) is 7.01. The third-order valence-electron chi connectivity index (χ3n) is 2.50. The Labute approximate surface area is 113 Å². The van der Waals surface area contributed by atoms with Crippen molar-refractivity contribution in [1.82, 2.24) is 15.5 Å². The number of aromatic nitrogens is 2. The van der Waals surface area contributed by atoms with Crippen molar-refractivity contribution >= 4 is 23.1 Å². The van der Waals surface area contributed by atoms with E-state index >= 15 is 0 Å². The molecule has 0 spiro atoms. The van der Waals surface area contributed by atoms with E-state index in [0.29, 0.717) is 6.04 Å². The molecule has 5 heteroatoms. The molecule has 1 atom stereocenters. The van der Waals surface area contributed by atoms with Crippen molar-refractivity contribution in [1.29, 1.82) is 0 Å². The van der Waals surface area contributed by atoms with Crippen LogP contribution in [-0.2, 0) is 0 Å². The van der Waals surface area contributed by atoms with Crippen molar-refractivity contribution in [2.24, 2.45) is 5.92 Å². The van der Waals surface area contributed by atoms with Crippen LogP contribution in [0.1, 0.15) is 38.6 Å². The van der Waals surface area contributed by atoms with Gasteiger partial charge in [-0.15, -0.1) is 10.2 Å². The Hall–Kier alpha value is -0.130. The molecular formula is C12H23N3S2. The Morgan fingerprint density at radius 3 is 2.59 bits per heavy atom. The summed E-state index contributed by atoms with van der Waals surface area (Å²) < 4.78 is 1.08. The Bertz CT molecular complexity index is 312. The first-order valence-electron chi connectivity index (χ1n) is 6.24. The van der Waals surface area contributed by atoms with E-state index in [1.54, 1.807) is 23.1 Å². The summed E-state index contributed by atoms with van der Waals surface area (Å²) >= 11 is 3.46. The maximum atomic E-state index is 4.10. The Morgan fingerprint density at radius 1 is 1.24 bits per heavy atom. The predicted molar refractivity (Wildman–Crippen MR) is 76.9 cm³/mol. The lowest BCUT2D eigenvalue weighted by Crippen LogP contribution is -2.28. The normalized spacial score (nSPS) is 13.2. The first kappa shape index (κ1) is 14.9. The second-order valence-corrected chi connectivity index (χ2v) is 7.29. The van der Waals surface area contributed by atoms with E-state index < -0.39 is 0 Å². The molecule has 1 unspecified atom stereocenters. The molecule has 0 fully saturated rings. The number of thioether (sulfide) groups is 1. The number of hydrogen-bond acceptors (Lipinski definition) is 5. The summed E-state index contributed by atoms with van der Waals surface area (Å²) in [4.78, 5) is 0. The van der Waals surface area contributed by atoms with Crippen LogP contribution in [0.4, 0.5) is 0 Å². The van der Waals surface area contributed by atoms with Crippen LogP contribution in [0.2, 0.25) is 0 Å². The van der Waals surface area contributed by atoms with Gasteiger partial charge in [0.15, 0.2) is 4.34 Å². The number of aryl methyl sites for hydroxylation is 1. The summed E-state index contributed by atoms with van der Waals surface area (Å²) in [5, 5.41) is 12.7. The van der Waals surface area contributed by atoms with Crippen molar-refractivity contribution in [2.75, 3.05) is 12.3 Å². The molecule has 98 valence electrons. The Morgan fingerprint density at radius 2 is 2.00 bits per heavy atom. The second-order valence-electron chi connectivity index (χ2n) is 4.76. The minimum absolute atomic E-state index is 0.620. The standard InChI is InChI=1S/C12H23N3S2/c1-9(2)5-6-10(3)13-7-8-16-12-15-14-11(4)17-12/h9-10,13H,5-8H2,1-4H3. The van der Waals surface area contributed by atoms with E-state index in [1.165, 1.54) is 12.8 Å². The predicted octanol–water partition coefficient (Wildman–Crippen LogP) is 3.35. The fourth-order valence-corrected chi connectivity index (χ4v) is 3.22.